The van der Waals surface area contributed by atoms with Crippen molar-refractivity contribution in [3.63, 3.8) is 0 Å². The summed E-state index contributed by atoms with van der Waals surface area (Å²) in [5.41, 5.74) is 2.78. The molecule has 4 nitrogen and oxygen atoms in total. The first kappa shape index (κ1) is 24.8. The van der Waals surface area contributed by atoms with Gasteiger partial charge in [0, 0.05) is 17.5 Å². The standard InChI is InChI=1S/C25H26F3NO3S/c1-5-31-22(30)9-7-16-11-20(27)24(21(28)12-16)32-13-18-23(14(2)3)29-33-25(18)17-8-6-15(4)10-19(17)26/h6,8,10-12,14H,5,7,9,13H2,1-4H3. The molecule has 0 saturated carbocycles. The van der Waals surface area contributed by atoms with E-state index in [0.29, 0.717) is 27.3 Å². The summed E-state index contributed by atoms with van der Waals surface area (Å²) in [7, 11) is 0. The molecule has 0 radical (unpaired) electrons. The molecule has 1 aromatic heterocycles. The average molecular weight is 478 g/mol. The molecule has 0 bridgehead atoms. The highest BCUT2D eigenvalue weighted by molar-refractivity contribution is 7.09. The Kier molecular flexibility index (Phi) is 8.13. The van der Waals surface area contributed by atoms with Crippen LogP contribution < -0.4 is 4.74 Å². The summed E-state index contributed by atoms with van der Waals surface area (Å²) in [5.74, 6) is -3.07. The molecular formula is C25H26F3NO3S. The summed E-state index contributed by atoms with van der Waals surface area (Å²) in [5, 5.41) is 0. The lowest BCUT2D eigenvalue weighted by atomic mass is 10.0. The Morgan fingerprint density at radius 3 is 2.39 bits per heavy atom. The molecule has 2 aromatic carbocycles. The molecule has 3 rings (SSSR count). The number of aromatic nitrogens is 1. The lowest BCUT2D eigenvalue weighted by Crippen LogP contribution is -2.07. The average Bonchev–Trinajstić information content (AvgIpc) is 3.16. The molecule has 0 amide bonds. The van der Waals surface area contributed by atoms with Crippen LogP contribution in [0.15, 0.2) is 30.3 Å². The van der Waals surface area contributed by atoms with Gasteiger partial charge in [-0.05, 0) is 67.0 Å². The molecule has 0 spiro atoms. The topological polar surface area (TPSA) is 48.4 Å². The quantitative estimate of drug-likeness (QED) is 0.321. The van der Waals surface area contributed by atoms with Crippen molar-refractivity contribution in [2.75, 3.05) is 6.61 Å². The van der Waals surface area contributed by atoms with Crippen LogP contribution in [-0.2, 0) is 22.6 Å². The van der Waals surface area contributed by atoms with E-state index in [0.717, 1.165) is 29.2 Å². The van der Waals surface area contributed by atoms with Crippen LogP contribution in [-0.4, -0.2) is 16.9 Å². The van der Waals surface area contributed by atoms with Crippen LogP contribution in [0.5, 0.6) is 5.75 Å². The van der Waals surface area contributed by atoms with E-state index in [1.807, 2.05) is 13.8 Å². The zero-order chi connectivity index (χ0) is 24.1. The number of aryl methyl sites for hydroxylation is 2. The maximum Gasteiger partial charge on any atom is 0.306 e. The number of rotatable bonds is 9. The first-order chi connectivity index (χ1) is 15.7. The van der Waals surface area contributed by atoms with Gasteiger partial charge in [0.25, 0.3) is 0 Å². The third-order valence-corrected chi connectivity index (χ3v) is 6.01. The Labute approximate surface area is 195 Å². The van der Waals surface area contributed by atoms with E-state index in [1.54, 1.807) is 26.0 Å². The minimum Gasteiger partial charge on any atom is -0.483 e. The highest BCUT2D eigenvalue weighted by Crippen LogP contribution is 2.36. The van der Waals surface area contributed by atoms with Gasteiger partial charge in [-0.25, -0.2) is 13.2 Å². The van der Waals surface area contributed by atoms with Crippen molar-refractivity contribution in [3.8, 4) is 16.2 Å². The van der Waals surface area contributed by atoms with E-state index in [9.17, 15) is 18.0 Å². The summed E-state index contributed by atoms with van der Waals surface area (Å²) in [6, 6.07) is 7.20. The molecule has 176 valence electrons. The Bertz CT molecular complexity index is 1120. The lowest BCUT2D eigenvalue weighted by molar-refractivity contribution is -0.143. The zero-order valence-electron chi connectivity index (χ0n) is 19.0. The van der Waals surface area contributed by atoms with Crippen LogP contribution >= 0.6 is 11.5 Å². The van der Waals surface area contributed by atoms with Crippen LogP contribution in [0.25, 0.3) is 10.4 Å². The molecule has 1 heterocycles. The third kappa shape index (κ3) is 5.93. The highest BCUT2D eigenvalue weighted by Gasteiger charge is 2.22. The minimum absolute atomic E-state index is 0.0158. The van der Waals surface area contributed by atoms with Crippen molar-refractivity contribution in [3.05, 3.63) is 70.2 Å². The molecule has 0 aliphatic carbocycles. The van der Waals surface area contributed by atoms with Crippen LogP contribution in [0, 0.1) is 24.4 Å². The molecule has 3 aromatic rings. The molecule has 0 atom stereocenters. The SMILES string of the molecule is CCOC(=O)CCc1cc(F)c(OCc2c(C(C)C)nsc2-c2ccc(C)cc2F)c(F)c1. The summed E-state index contributed by atoms with van der Waals surface area (Å²) in [6.45, 7) is 7.45. The lowest BCUT2D eigenvalue weighted by Gasteiger charge is -2.13. The van der Waals surface area contributed by atoms with E-state index in [-0.39, 0.29) is 32.0 Å². The number of halogens is 3. The highest BCUT2D eigenvalue weighted by atomic mass is 32.1. The van der Waals surface area contributed by atoms with Crippen molar-refractivity contribution in [2.24, 2.45) is 0 Å². The van der Waals surface area contributed by atoms with Gasteiger partial charge < -0.3 is 9.47 Å². The number of carbonyl (C=O) groups is 1. The number of benzene rings is 2. The zero-order valence-corrected chi connectivity index (χ0v) is 19.8. The monoisotopic (exact) mass is 477 g/mol. The fourth-order valence-electron chi connectivity index (χ4n) is 3.45. The predicted octanol–water partition coefficient (Wildman–Crippen LogP) is 6.73. The van der Waals surface area contributed by atoms with Crippen molar-refractivity contribution in [1.82, 2.24) is 4.37 Å². The molecule has 0 aliphatic rings. The largest absolute Gasteiger partial charge is 0.483 e. The van der Waals surface area contributed by atoms with E-state index in [2.05, 4.69) is 4.37 Å². The van der Waals surface area contributed by atoms with Gasteiger partial charge in [-0.15, -0.1) is 0 Å². The summed E-state index contributed by atoms with van der Waals surface area (Å²) < 4.78 is 58.8. The number of ether oxygens (including phenoxy) is 2. The van der Waals surface area contributed by atoms with Crippen LogP contribution in [0.3, 0.4) is 0 Å². The van der Waals surface area contributed by atoms with Crippen LogP contribution in [0.4, 0.5) is 13.2 Å². The molecule has 0 fully saturated rings. The van der Waals surface area contributed by atoms with Crippen LogP contribution in [0.1, 0.15) is 55.5 Å². The second-order valence-electron chi connectivity index (χ2n) is 8.00. The molecular weight excluding hydrogens is 451 g/mol. The van der Waals surface area contributed by atoms with Crippen molar-refractivity contribution in [2.45, 2.75) is 53.1 Å². The number of carbonyl (C=O) groups excluding carboxylic acids is 1. The minimum atomic E-state index is -0.869. The first-order valence-corrected chi connectivity index (χ1v) is 11.5. The smallest absolute Gasteiger partial charge is 0.306 e. The summed E-state index contributed by atoms with van der Waals surface area (Å²) in [6.07, 6.45) is 0.173. The van der Waals surface area contributed by atoms with Gasteiger partial charge >= 0.3 is 5.97 Å². The van der Waals surface area contributed by atoms with Gasteiger partial charge in [-0.1, -0.05) is 26.0 Å². The summed E-state index contributed by atoms with van der Waals surface area (Å²) >= 11 is 1.14. The van der Waals surface area contributed by atoms with Gasteiger partial charge in [0.1, 0.15) is 12.4 Å². The Morgan fingerprint density at radius 1 is 1.09 bits per heavy atom. The maximum absolute atomic E-state index is 14.6. The fraction of sp³-hybridized carbons (Fsp3) is 0.360. The molecule has 0 aliphatic heterocycles. The van der Waals surface area contributed by atoms with Crippen LogP contribution in [0.2, 0.25) is 0 Å². The van der Waals surface area contributed by atoms with Crippen molar-refractivity contribution in [1.29, 1.82) is 0 Å². The Morgan fingerprint density at radius 2 is 1.79 bits per heavy atom. The predicted molar refractivity (Wildman–Crippen MR) is 122 cm³/mol. The molecule has 0 unspecified atom stereocenters. The number of hydrogen-bond donors (Lipinski definition) is 0. The van der Waals surface area contributed by atoms with Gasteiger partial charge in [-0.2, -0.15) is 4.37 Å². The maximum atomic E-state index is 14.6. The third-order valence-electron chi connectivity index (χ3n) is 5.08. The molecule has 33 heavy (non-hydrogen) atoms. The second-order valence-corrected chi connectivity index (χ2v) is 8.77. The number of esters is 1. The van der Waals surface area contributed by atoms with Gasteiger partial charge in [0.15, 0.2) is 17.4 Å². The second kappa shape index (κ2) is 10.8. The first-order valence-electron chi connectivity index (χ1n) is 10.7. The Balaban J connectivity index is 1.84. The van der Waals surface area contributed by atoms with Crippen molar-refractivity contribution >= 4 is 17.5 Å². The van der Waals surface area contributed by atoms with Gasteiger partial charge in [0.05, 0.1) is 17.2 Å². The molecule has 8 heteroatoms. The fourth-order valence-corrected chi connectivity index (χ4v) is 4.50. The normalized spacial score (nSPS) is 11.2. The molecule has 0 saturated heterocycles. The molecule has 0 N–H and O–H groups in total. The van der Waals surface area contributed by atoms with Gasteiger partial charge in [0.2, 0.25) is 0 Å². The van der Waals surface area contributed by atoms with Crippen molar-refractivity contribution < 1.29 is 27.4 Å². The summed E-state index contributed by atoms with van der Waals surface area (Å²) in [4.78, 5) is 12.1. The van der Waals surface area contributed by atoms with E-state index in [4.69, 9.17) is 9.47 Å². The number of nitrogens with zero attached hydrogens (tertiary/aromatic N) is 1. The van der Waals surface area contributed by atoms with Gasteiger partial charge in [-0.3, -0.25) is 4.79 Å². The van der Waals surface area contributed by atoms with E-state index < -0.39 is 29.2 Å². The van der Waals surface area contributed by atoms with E-state index in [1.165, 1.54) is 6.07 Å². The Hall–Kier alpha value is -2.87. The number of hydrogen-bond acceptors (Lipinski definition) is 5. The van der Waals surface area contributed by atoms with E-state index >= 15 is 0 Å².